The van der Waals surface area contributed by atoms with Gasteiger partial charge in [0.1, 0.15) is 11.7 Å². The SMILES string of the molecule is CC(=O)OC1OCC(O)(CO)[C@H]1O. The minimum atomic E-state index is -1.74. The van der Waals surface area contributed by atoms with E-state index in [1.54, 1.807) is 0 Å². The second-order valence-electron chi connectivity index (χ2n) is 3.00. The van der Waals surface area contributed by atoms with Gasteiger partial charge in [-0.05, 0) is 0 Å². The quantitative estimate of drug-likeness (QED) is 0.437. The van der Waals surface area contributed by atoms with Gasteiger partial charge >= 0.3 is 5.97 Å². The van der Waals surface area contributed by atoms with Crippen molar-refractivity contribution in [1.82, 2.24) is 0 Å². The summed E-state index contributed by atoms with van der Waals surface area (Å²) < 4.78 is 9.32. The lowest BCUT2D eigenvalue weighted by Crippen LogP contribution is -2.47. The molecule has 1 aliphatic rings. The smallest absolute Gasteiger partial charge is 0.305 e. The lowest BCUT2D eigenvalue weighted by molar-refractivity contribution is -0.183. The number of esters is 1. The molecule has 0 spiro atoms. The average Bonchev–Trinajstić information content (AvgIpc) is 2.33. The zero-order valence-electron chi connectivity index (χ0n) is 7.14. The monoisotopic (exact) mass is 192 g/mol. The molecule has 0 saturated carbocycles. The van der Waals surface area contributed by atoms with Crippen molar-refractivity contribution in [2.24, 2.45) is 0 Å². The first-order valence-corrected chi connectivity index (χ1v) is 3.80. The van der Waals surface area contributed by atoms with Gasteiger partial charge in [-0.15, -0.1) is 0 Å². The summed E-state index contributed by atoms with van der Waals surface area (Å²) in [6, 6.07) is 0. The van der Waals surface area contributed by atoms with E-state index in [4.69, 9.17) is 9.84 Å². The fourth-order valence-electron chi connectivity index (χ4n) is 1.06. The molecule has 3 N–H and O–H groups in total. The van der Waals surface area contributed by atoms with E-state index in [1.165, 1.54) is 0 Å². The average molecular weight is 192 g/mol. The van der Waals surface area contributed by atoms with Gasteiger partial charge in [0, 0.05) is 6.92 Å². The van der Waals surface area contributed by atoms with Crippen LogP contribution in [0.1, 0.15) is 6.92 Å². The van der Waals surface area contributed by atoms with Crippen molar-refractivity contribution in [1.29, 1.82) is 0 Å². The van der Waals surface area contributed by atoms with E-state index in [9.17, 15) is 15.0 Å². The Morgan fingerprint density at radius 2 is 2.38 bits per heavy atom. The van der Waals surface area contributed by atoms with Crippen LogP contribution in [0.15, 0.2) is 0 Å². The van der Waals surface area contributed by atoms with Crippen LogP contribution in [0.5, 0.6) is 0 Å². The zero-order chi connectivity index (χ0) is 10.1. The molecule has 6 nitrogen and oxygen atoms in total. The van der Waals surface area contributed by atoms with Crippen molar-refractivity contribution in [3.63, 3.8) is 0 Å². The zero-order valence-corrected chi connectivity index (χ0v) is 7.14. The van der Waals surface area contributed by atoms with E-state index in [0.29, 0.717) is 0 Å². The molecule has 13 heavy (non-hydrogen) atoms. The molecule has 1 saturated heterocycles. The Kier molecular flexibility index (Phi) is 2.87. The van der Waals surface area contributed by atoms with Crippen LogP contribution in [0, 0.1) is 0 Å². The number of carbonyl (C=O) groups is 1. The number of carbonyl (C=O) groups excluding carboxylic acids is 1. The van der Waals surface area contributed by atoms with Crippen molar-refractivity contribution in [3.8, 4) is 0 Å². The summed E-state index contributed by atoms with van der Waals surface area (Å²) in [5.41, 5.74) is -1.74. The van der Waals surface area contributed by atoms with Crippen LogP contribution in [0.2, 0.25) is 0 Å². The second kappa shape index (κ2) is 3.59. The fourth-order valence-corrected chi connectivity index (χ4v) is 1.06. The van der Waals surface area contributed by atoms with Crippen LogP contribution in [0.3, 0.4) is 0 Å². The highest BCUT2D eigenvalue weighted by Crippen LogP contribution is 2.25. The third kappa shape index (κ3) is 1.97. The number of rotatable bonds is 2. The van der Waals surface area contributed by atoms with Gasteiger partial charge in [-0.3, -0.25) is 4.79 Å². The molecule has 6 heteroatoms. The predicted molar refractivity (Wildman–Crippen MR) is 39.5 cm³/mol. The lowest BCUT2D eigenvalue weighted by atomic mass is 10.0. The molecular weight excluding hydrogens is 180 g/mol. The van der Waals surface area contributed by atoms with Gasteiger partial charge in [0.25, 0.3) is 0 Å². The van der Waals surface area contributed by atoms with Crippen molar-refractivity contribution in [2.45, 2.75) is 24.9 Å². The number of aliphatic hydroxyl groups excluding tert-OH is 2. The molecule has 0 amide bonds. The molecule has 0 aliphatic carbocycles. The van der Waals surface area contributed by atoms with Crippen molar-refractivity contribution >= 4 is 5.97 Å². The molecule has 1 aliphatic heterocycles. The fraction of sp³-hybridized carbons (Fsp3) is 0.857. The first-order valence-electron chi connectivity index (χ1n) is 3.80. The number of hydrogen-bond donors (Lipinski definition) is 3. The van der Waals surface area contributed by atoms with E-state index in [0.717, 1.165) is 6.92 Å². The van der Waals surface area contributed by atoms with Gasteiger partial charge in [-0.1, -0.05) is 0 Å². The maximum Gasteiger partial charge on any atom is 0.305 e. The molecule has 76 valence electrons. The third-order valence-electron chi connectivity index (χ3n) is 1.86. The first kappa shape index (κ1) is 10.4. The highest BCUT2D eigenvalue weighted by atomic mass is 16.7. The van der Waals surface area contributed by atoms with Crippen LogP contribution >= 0.6 is 0 Å². The summed E-state index contributed by atoms with van der Waals surface area (Å²) in [6.07, 6.45) is -2.61. The highest BCUT2D eigenvalue weighted by Gasteiger charge is 2.49. The van der Waals surface area contributed by atoms with Crippen LogP contribution in [0.25, 0.3) is 0 Å². The van der Waals surface area contributed by atoms with Gasteiger partial charge in [0.2, 0.25) is 6.29 Å². The molecule has 1 rings (SSSR count). The molecule has 0 bridgehead atoms. The molecule has 3 atom stereocenters. The maximum atomic E-state index is 10.5. The van der Waals surface area contributed by atoms with Crippen molar-refractivity contribution in [2.75, 3.05) is 13.2 Å². The van der Waals surface area contributed by atoms with E-state index in [2.05, 4.69) is 4.74 Å². The van der Waals surface area contributed by atoms with Gasteiger partial charge in [-0.25, -0.2) is 0 Å². The minimum Gasteiger partial charge on any atom is -0.433 e. The summed E-state index contributed by atoms with van der Waals surface area (Å²) in [5, 5.41) is 27.5. The Hall–Kier alpha value is -0.690. The summed E-state index contributed by atoms with van der Waals surface area (Å²) in [7, 11) is 0. The largest absolute Gasteiger partial charge is 0.433 e. The van der Waals surface area contributed by atoms with E-state index in [-0.39, 0.29) is 6.61 Å². The van der Waals surface area contributed by atoms with Gasteiger partial charge in [0.05, 0.1) is 13.2 Å². The summed E-state index contributed by atoms with van der Waals surface area (Å²) in [4.78, 5) is 10.5. The predicted octanol–water partition coefficient (Wildman–Crippen LogP) is -2.01. The Bertz CT molecular complexity index is 205. The van der Waals surface area contributed by atoms with Gasteiger partial charge in [0.15, 0.2) is 0 Å². The van der Waals surface area contributed by atoms with Gasteiger partial charge < -0.3 is 24.8 Å². The summed E-state index contributed by atoms with van der Waals surface area (Å²) >= 11 is 0. The molecule has 0 radical (unpaired) electrons. The minimum absolute atomic E-state index is 0.261. The Morgan fingerprint density at radius 3 is 2.77 bits per heavy atom. The van der Waals surface area contributed by atoms with Crippen molar-refractivity contribution < 1.29 is 29.6 Å². The Balaban J connectivity index is 2.59. The molecular formula is C7H12O6. The van der Waals surface area contributed by atoms with Crippen molar-refractivity contribution in [3.05, 3.63) is 0 Å². The Labute approximate surface area is 74.7 Å². The molecule has 1 heterocycles. The molecule has 0 aromatic rings. The van der Waals surface area contributed by atoms with Crippen LogP contribution in [0.4, 0.5) is 0 Å². The molecule has 0 aromatic heterocycles. The summed E-state index contributed by atoms with van der Waals surface area (Å²) in [6.45, 7) is 0.251. The van der Waals surface area contributed by atoms with E-state index >= 15 is 0 Å². The highest BCUT2D eigenvalue weighted by molar-refractivity contribution is 5.66. The number of hydrogen-bond acceptors (Lipinski definition) is 6. The topological polar surface area (TPSA) is 96.2 Å². The molecule has 1 fully saturated rings. The van der Waals surface area contributed by atoms with Gasteiger partial charge in [-0.2, -0.15) is 0 Å². The normalized spacial score (nSPS) is 39.1. The maximum absolute atomic E-state index is 10.5. The standard InChI is InChI=1S/C7H12O6/c1-4(9)13-6-5(10)7(11,2-8)3-12-6/h5-6,8,10-11H,2-3H2,1H3/t5-,6?,7?/m0/s1. The van der Waals surface area contributed by atoms with E-state index in [1.807, 2.05) is 0 Å². The van der Waals surface area contributed by atoms with E-state index < -0.39 is 30.6 Å². The number of aliphatic hydroxyl groups is 3. The van der Waals surface area contributed by atoms with Crippen LogP contribution in [-0.2, 0) is 14.3 Å². The molecule has 0 aromatic carbocycles. The Morgan fingerprint density at radius 1 is 1.77 bits per heavy atom. The lowest BCUT2D eigenvalue weighted by Gasteiger charge is -2.22. The second-order valence-corrected chi connectivity index (χ2v) is 3.00. The molecule has 2 unspecified atom stereocenters. The van der Waals surface area contributed by atoms with Crippen LogP contribution < -0.4 is 0 Å². The number of ether oxygens (including phenoxy) is 2. The third-order valence-corrected chi connectivity index (χ3v) is 1.86. The van der Waals surface area contributed by atoms with Crippen LogP contribution in [-0.4, -0.2) is 52.5 Å². The first-order chi connectivity index (χ1) is 5.99. The summed E-state index contributed by atoms with van der Waals surface area (Å²) in [5.74, 6) is -0.619.